The van der Waals surface area contributed by atoms with Gasteiger partial charge >= 0.3 is 5.97 Å². The number of ether oxygens (including phenoxy) is 2. The number of nitrogens with one attached hydrogen (secondary N) is 2. The second-order valence-corrected chi connectivity index (χ2v) is 5.48. The molecule has 0 heterocycles. The van der Waals surface area contributed by atoms with Gasteiger partial charge in [0.15, 0.2) is 6.61 Å². The Morgan fingerprint density at radius 2 is 1.73 bits per heavy atom. The van der Waals surface area contributed by atoms with Crippen LogP contribution in [0, 0.1) is 0 Å². The number of carbonyl (C=O) groups is 3. The Morgan fingerprint density at radius 3 is 2.38 bits per heavy atom. The molecule has 0 fully saturated rings. The Kier molecular flexibility index (Phi) is 6.99. The molecule has 0 radical (unpaired) electrons. The summed E-state index contributed by atoms with van der Waals surface area (Å²) in [6.45, 7) is 1.70. The Hall–Kier alpha value is -3.06. The maximum Gasteiger partial charge on any atom is 0.338 e. The van der Waals surface area contributed by atoms with E-state index in [0.717, 1.165) is 0 Å². The van der Waals surface area contributed by atoms with Gasteiger partial charge in [-0.25, -0.2) is 4.79 Å². The lowest BCUT2D eigenvalue weighted by Gasteiger charge is -2.09. The molecule has 2 rings (SSSR count). The summed E-state index contributed by atoms with van der Waals surface area (Å²) in [5.74, 6) is -1.08. The van der Waals surface area contributed by atoms with E-state index in [1.54, 1.807) is 37.3 Å². The predicted molar refractivity (Wildman–Crippen MR) is 95.0 cm³/mol. The zero-order chi connectivity index (χ0) is 18.9. The smallest absolute Gasteiger partial charge is 0.338 e. The van der Waals surface area contributed by atoms with E-state index < -0.39 is 17.8 Å². The van der Waals surface area contributed by atoms with E-state index in [4.69, 9.17) is 21.1 Å². The number of esters is 1. The van der Waals surface area contributed by atoms with Gasteiger partial charge in [-0.3, -0.25) is 20.4 Å². The summed E-state index contributed by atoms with van der Waals surface area (Å²) in [6.07, 6.45) is 0. The van der Waals surface area contributed by atoms with Gasteiger partial charge < -0.3 is 9.47 Å². The zero-order valence-electron chi connectivity index (χ0n) is 14.0. The van der Waals surface area contributed by atoms with Crippen molar-refractivity contribution in [2.45, 2.75) is 6.92 Å². The maximum absolute atomic E-state index is 11.9. The standard InChI is InChI=1S/C18H17ClN2O5/c1-2-25-18(24)12-6-8-15(9-7-12)26-11-16(22)20-21-17(23)13-4-3-5-14(19)10-13/h3-10H,2,11H2,1H3,(H,20,22)(H,21,23). The third-order valence-corrected chi connectivity index (χ3v) is 3.37. The van der Waals surface area contributed by atoms with Crippen molar-refractivity contribution < 1.29 is 23.9 Å². The van der Waals surface area contributed by atoms with Crippen LogP contribution in [0.2, 0.25) is 5.02 Å². The molecule has 0 aromatic heterocycles. The number of halogens is 1. The Bertz CT molecular complexity index is 792. The Labute approximate surface area is 155 Å². The van der Waals surface area contributed by atoms with Crippen molar-refractivity contribution in [3.8, 4) is 5.75 Å². The Morgan fingerprint density at radius 1 is 1.00 bits per heavy atom. The normalized spacial score (nSPS) is 9.92. The largest absolute Gasteiger partial charge is 0.484 e. The molecule has 0 aliphatic carbocycles. The molecular weight excluding hydrogens is 360 g/mol. The second-order valence-electron chi connectivity index (χ2n) is 5.05. The van der Waals surface area contributed by atoms with Crippen molar-refractivity contribution in [1.82, 2.24) is 10.9 Å². The molecule has 0 saturated heterocycles. The van der Waals surface area contributed by atoms with Crippen molar-refractivity contribution in [2.24, 2.45) is 0 Å². The lowest BCUT2D eigenvalue weighted by molar-refractivity contribution is -0.123. The number of hydrogen-bond donors (Lipinski definition) is 2. The maximum atomic E-state index is 11.9. The van der Waals surface area contributed by atoms with Gasteiger partial charge in [0, 0.05) is 10.6 Å². The third kappa shape index (κ3) is 5.78. The lowest BCUT2D eigenvalue weighted by Crippen LogP contribution is -2.43. The molecule has 0 saturated carbocycles. The van der Waals surface area contributed by atoms with Crippen molar-refractivity contribution in [1.29, 1.82) is 0 Å². The molecule has 0 spiro atoms. The molecule has 0 aliphatic rings. The molecule has 0 atom stereocenters. The summed E-state index contributed by atoms with van der Waals surface area (Å²) in [5.41, 5.74) is 5.20. The van der Waals surface area contributed by atoms with Gasteiger partial charge in [-0.1, -0.05) is 17.7 Å². The van der Waals surface area contributed by atoms with E-state index >= 15 is 0 Å². The summed E-state index contributed by atoms with van der Waals surface area (Å²) < 4.78 is 10.2. The van der Waals surface area contributed by atoms with Crippen LogP contribution in [0.25, 0.3) is 0 Å². The fourth-order valence-corrected chi connectivity index (χ4v) is 2.11. The monoisotopic (exact) mass is 376 g/mol. The highest BCUT2D eigenvalue weighted by molar-refractivity contribution is 6.30. The minimum atomic E-state index is -0.546. The molecule has 2 aromatic rings. The first kappa shape index (κ1) is 19.3. The molecule has 136 valence electrons. The van der Waals surface area contributed by atoms with E-state index in [1.807, 2.05) is 0 Å². The van der Waals surface area contributed by atoms with Crippen LogP contribution in [0.3, 0.4) is 0 Å². The van der Waals surface area contributed by atoms with Crippen molar-refractivity contribution in [3.63, 3.8) is 0 Å². The molecule has 7 nitrogen and oxygen atoms in total. The summed E-state index contributed by atoms with van der Waals surface area (Å²) in [6, 6.07) is 12.5. The van der Waals surface area contributed by atoms with Crippen LogP contribution in [0.4, 0.5) is 0 Å². The number of hydrazine groups is 1. The number of amides is 2. The predicted octanol–water partition coefficient (Wildman–Crippen LogP) is 2.36. The van der Waals surface area contributed by atoms with Gasteiger partial charge in [-0.05, 0) is 49.4 Å². The van der Waals surface area contributed by atoms with Crippen LogP contribution >= 0.6 is 11.6 Å². The molecule has 0 unspecified atom stereocenters. The highest BCUT2D eigenvalue weighted by Crippen LogP contribution is 2.13. The van der Waals surface area contributed by atoms with E-state index in [-0.39, 0.29) is 13.2 Å². The first-order chi connectivity index (χ1) is 12.5. The molecule has 0 aliphatic heterocycles. The Balaban J connectivity index is 1.78. The van der Waals surface area contributed by atoms with Crippen molar-refractivity contribution in [2.75, 3.05) is 13.2 Å². The van der Waals surface area contributed by atoms with Gasteiger partial charge in [-0.15, -0.1) is 0 Å². The first-order valence-electron chi connectivity index (χ1n) is 7.74. The molecule has 0 bridgehead atoms. The van der Waals surface area contributed by atoms with Crippen LogP contribution in [-0.4, -0.2) is 31.0 Å². The average molecular weight is 377 g/mol. The van der Waals surface area contributed by atoms with Crippen molar-refractivity contribution >= 4 is 29.4 Å². The van der Waals surface area contributed by atoms with E-state index in [9.17, 15) is 14.4 Å². The molecule has 8 heteroatoms. The van der Waals surface area contributed by atoms with Crippen molar-refractivity contribution in [3.05, 3.63) is 64.7 Å². The summed E-state index contributed by atoms with van der Waals surface area (Å²) in [7, 11) is 0. The van der Waals surface area contributed by atoms with Crippen LogP contribution in [0.1, 0.15) is 27.6 Å². The number of rotatable bonds is 6. The van der Waals surface area contributed by atoms with Gasteiger partial charge in [0.25, 0.3) is 11.8 Å². The van der Waals surface area contributed by atoms with Gasteiger partial charge in [0.1, 0.15) is 5.75 Å². The molecular formula is C18H17ClN2O5. The summed E-state index contributed by atoms with van der Waals surface area (Å²) in [5, 5.41) is 0.415. The minimum Gasteiger partial charge on any atom is -0.484 e. The quantitative estimate of drug-likeness (QED) is 0.596. The topological polar surface area (TPSA) is 93.7 Å². The number of benzene rings is 2. The van der Waals surface area contributed by atoms with Crippen LogP contribution in [0.15, 0.2) is 48.5 Å². The molecule has 2 aromatic carbocycles. The van der Waals surface area contributed by atoms with Crippen LogP contribution in [-0.2, 0) is 9.53 Å². The van der Waals surface area contributed by atoms with E-state index in [1.165, 1.54) is 18.2 Å². The average Bonchev–Trinajstić information content (AvgIpc) is 2.65. The lowest BCUT2D eigenvalue weighted by atomic mass is 10.2. The highest BCUT2D eigenvalue weighted by atomic mass is 35.5. The van der Waals surface area contributed by atoms with Gasteiger partial charge in [0.2, 0.25) is 0 Å². The zero-order valence-corrected chi connectivity index (χ0v) is 14.7. The second kappa shape index (κ2) is 9.43. The van der Waals surface area contributed by atoms with E-state index in [0.29, 0.717) is 21.9 Å². The fourth-order valence-electron chi connectivity index (χ4n) is 1.91. The fraction of sp³-hybridized carbons (Fsp3) is 0.167. The summed E-state index contributed by atoms with van der Waals surface area (Å²) >= 11 is 5.80. The number of carbonyl (C=O) groups excluding carboxylic acids is 3. The molecule has 2 amide bonds. The number of hydrogen-bond acceptors (Lipinski definition) is 5. The first-order valence-corrected chi connectivity index (χ1v) is 8.12. The van der Waals surface area contributed by atoms with Crippen LogP contribution < -0.4 is 15.6 Å². The highest BCUT2D eigenvalue weighted by Gasteiger charge is 2.09. The van der Waals surface area contributed by atoms with Crippen LogP contribution in [0.5, 0.6) is 5.75 Å². The third-order valence-electron chi connectivity index (χ3n) is 3.14. The SMILES string of the molecule is CCOC(=O)c1ccc(OCC(=O)NNC(=O)c2cccc(Cl)c2)cc1. The minimum absolute atomic E-state index is 0.290. The van der Waals surface area contributed by atoms with Gasteiger partial charge in [0.05, 0.1) is 12.2 Å². The van der Waals surface area contributed by atoms with E-state index in [2.05, 4.69) is 10.9 Å². The molecule has 2 N–H and O–H groups in total. The summed E-state index contributed by atoms with van der Waals surface area (Å²) in [4.78, 5) is 35.1. The molecule has 26 heavy (non-hydrogen) atoms. The van der Waals surface area contributed by atoms with Gasteiger partial charge in [-0.2, -0.15) is 0 Å².